The molecule has 5 saturated carbocycles. The van der Waals surface area contributed by atoms with Crippen LogP contribution in [0.1, 0.15) is 106 Å². The molecule has 9 atom stereocenters. The summed E-state index contributed by atoms with van der Waals surface area (Å²) < 4.78 is 0. The maximum Gasteiger partial charge on any atom is 0.331 e. The summed E-state index contributed by atoms with van der Waals surface area (Å²) in [6.45, 7) is 13.5. The molecule has 5 fully saturated rings. The molecule has 0 aromatic rings. The first kappa shape index (κ1) is 24.5. The molecule has 5 aliphatic rings. The zero-order valence-corrected chi connectivity index (χ0v) is 22.2. The van der Waals surface area contributed by atoms with Crippen molar-refractivity contribution in [3.8, 4) is 0 Å². The summed E-state index contributed by atoms with van der Waals surface area (Å²) in [5.74, 6) is 1.18. The Morgan fingerprint density at radius 2 is 1.56 bits per heavy atom. The molecule has 5 rings (SSSR count). The van der Waals surface area contributed by atoms with E-state index in [1.54, 1.807) is 0 Å². The van der Waals surface area contributed by atoms with E-state index in [0.29, 0.717) is 34.5 Å². The van der Waals surface area contributed by atoms with Crippen LogP contribution in [0.5, 0.6) is 0 Å². The number of hydrogen-bond donors (Lipinski definition) is 2. The van der Waals surface area contributed by atoms with Gasteiger partial charge in [0.1, 0.15) is 0 Å². The summed E-state index contributed by atoms with van der Waals surface area (Å²) in [5, 5.41) is 20.0. The highest BCUT2D eigenvalue weighted by Crippen LogP contribution is 2.89. The van der Waals surface area contributed by atoms with Gasteiger partial charge in [0.2, 0.25) is 0 Å². The monoisotopic (exact) mass is 470 g/mol. The quantitative estimate of drug-likeness (QED) is 0.455. The second-order valence-corrected chi connectivity index (χ2v) is 14.3. The number of carbonyl (C=O) groups excluding carboxylic acids is 1. The Balaban J connectivity index is 1.38. The molecule has 0 saturated heterocycles. The highest BCUT2D eigenvalue weighted by Gasteiger charge is 2.82. The van der Waals surface area contributed by atoms with Gasteiger partial charge in [-0.3, -0.25) is 4.79 Å². The third kappa shape index (κ3) is 2.93. The normalized spacial score (nSPS) is 49.8. The SMILES string of the molecule is CC(=CC(=O)C[C@@H](C)[C@H]1CC[C@@]2(C)[C@@H]3CC[C@H]4C(C)(C)[C@H](O)CC[C@@]45C[C@@]35CC[C@]12C)C(=O)O. The van der Waals surface area contributed by atoms with Crippen molar-refractivity contribution in [2.45, 2.75) is 112 Å². The van der Waals surface area contributed by atoms with Crippen LogP contribution in [0.4, 0.5) is 0 Å². The molecule has 0 aromatic carbocycles. The summed E-state index contributed by atoms with van der Waals surface area (Å²) in [6.07, 6.45) is 12.8. The first-order valence-corrected chi connectivity index (χ1v) is 13.9. The van der Waals surface area contributed by atoms with Gasteiger partial charge in [0.15, 0.2) is 5.78 Å². The van der Waals surface area contributed by atoms with E-state index >= 15 is 0 Å². The summed E-state index contributed by atoms with van der Waals surface area (Å²) in [4.78, 5) is 23.8. The van der Waals surface area contributed by atoms with Crippen molar-refractivity contribution in [1.82, 2.24) is 0 Å². The molecule has 0 aliphatic heterocycles. The first-order valence-electron chi connectivity index (χ1n) is 13.9. The van der Waals surface area contributed by atoms with Gasteiger partial charge in [0.05, 0.1) is 6.10 Å². The Bertz CT molecular complexity index is 934. The number of allylic oxidation sites excluding steroid dienone is 1. The van der Waals surface area contributed by atoms with Crippen LogP contribution in [0.3, 0.4) is 0 Å². The van der Waals surface area contributed by atoms with Gasteiger partial charge in [0, 0.05) is 12.0 Å². The van der Waals surface area contributed by atoms with Gasteiger partial charge >= 0.3 is 5.97 Å². The molecular formula is C30H46O4. The second-order valence-electron chi connectivity index (χ2n) is 14.3. The van der Waals surface area contributed by atoms with Gasteiger partial charge in [-0.2, -0.15) is 0 Å². The van der Waals surface area contributed by atoms with Crippen molar-refractivity contribution >= 4 is 11.8 Å². The molecule has 5 aliphatic carbocycles. The molecule has 0 bridgehead atoms. The summed E-state index contributed by atoms with van der Waals surface area (Å²) in [7, 11) is 0. The fourth-order valence-corrected chi connectivity index (χ4v) is 11.1. The molecule has 0 aromatic heterocycles. The molecule has 2 spiro atoms. The zero-order valence-electron chi connectivity index (χ0n) is 22.2. The van der Waals surface area contributed by atoms with Crippen LogP contribution >= 0.6 is 0 Å². The lowest BCUT2D eigenvalue weighted by molar-refractivity contribution is -0.161. The van der Waals surface area contributed by atoms with Crippen LogP contribution in [-0.2, 0) is 9.59 Å². The van der Waals surface area contributed by atoms with Crippen LogP contribution < -0.4 is 0 Å². The minimum absolute atomic E-state index is 0.0308. The molecule has 0 unspecified atom stereocenters. The van der Waals surface area contributed by atoms with E-state index in [2.05, 4.69) is 34.6 Å². The first-order chi connectivity index (χ1) is 15.8. The van der Waals surface area contributed by atoms with Crippen LogP contribution in [0.15, 0.2) is 11.6 Å². The van der Waals surface area contributed by atoms with E-state index in [0.717, 1.165) is 12.3 Å². The minimum Gasteiger partial charge on any atom is -0.478 e. The fourth-order valence-electron chi connectivity index (χ4n) is 11.1. The Labute approximate surface area is 206 Å². The van der Waals surface area contributed by atoms with Crippen molar-refractivity contribution in [3.05, 3.63) is 11.6 Å². The summed E-state index contributed by atoms with van der Waals surface area (Å²) >= 11 is 0. The highest BCUT2D eigenvalue weighted by atomic mass is 16.4. The number of aliphatic hydroxyl groups is 1. The maximum absolute atomic E-state index is 12.6. The summed E-state index contributed by atoms with van der Waals surface area (Å²) in [6, 6.07) is 0. The average Bonchev–Trinajstić information content (AvgIpc) is 3.33. The number of aliphatic hydroxyl groups excluding tert-OH is 1. The van der Waals surface area contributed by atoms with Gasteiger partial charge in [-0.25, -0.2) is 4.79 Å². The number of ketones is 1. The van der Waals surface area contributed by atoms with Gasteiger partial charge in [-0.05, 0) is 122 Å². The lowest BCUT2D eigenvalue weighted by Crippen LogP contribution is -2.57. The predicted molar refractivity (Wildman–Crippen MR) is 133 cm³/mol. The molecule has 0 heterocycles. The summed E-state index contributed by atoms with van der Waals surface area (Å²) in [5.41, 5.74) is 1.67. The standard InChI is InChI=1S/C30H46O4/c1-18(15-20(31)16-19(2)25(33)34)21-9-11-28(6)23-8-7-22-26(3,4)24(32)10-12-29(22)17-30(23,29)14-13-27(21,28)5/h16,18,21-24,32H,7-15,17H2,1-6H3,(H,33,34)/t18-,21-,22+,23+,24-,27-,28+,29-,30+/m1/s1. The topological polar surface area (TPSA) is 74.6 Å². The molecule has 2 N–H and O–H groups in total. The van der Waals surface area contributed by atoms with E-state index in [9.17, 15) is 14.7 Å². The Kier molecular flexibility index (Phi) is 5.36. The van der Waals surface area contributed by atoms with Gasteiger partial charge in [-0.1, -0.05) is 34.6 Å². The molecule has 0 radical (unpaired) electrons. The van der Waals surface area contributed by atoms with E-state index < -0.39 is 5.97 Å². The third-order valence-corrected chi connectivity index (χ3v) is 13.1. The molecule has 190 valence electrons. The Morgan fingerprint density at radius 1 is 0.912 bits per heavy atom. The van der Waals surface area contributed by atoms with Crippen molar-refractivity contribution in [2.24, 2.45) is 50.7 Å². The van der Waals surface area contributed by atoms with Crippen LogP contribution in [0.25, 0.3) is 0 Å². The Morgan fingerprint density at radius 3 is 2.24 bits per heavy atom. The van der Waals surface area contributed by atoms with Crippen molar-refractivity contribution < 1.29 is 19.8 Å². The molecule has 0 amide bonds. The molecular weight excluding hydrogens is 424 g/mol. The highest BCUT2D eigenvalue weighted by molar-refractivity contribution is 5.98. The van der Waals surface area contributed by atoms with Crippen molar-refractivity contribution in [2.75, 3.05) is 0 Å². The zero-order chi connectivity index (χ0) is 24.9. The number of hydrogen-bond acceptors (Lipinski definition) is 3. The molecule has 4 nitrogen and oxygen atoms in total. The van der Waals surface area contributed by atoms with E-state index in [-0.39, 0.29) is 34.2 Å². The fraction of sp³-hybridized carbons (Fsp3) is 0.867. The van der Waals surface area contributed by atoms with E-state index in [1.807, 2.05) is 0 Å². The van der Waals surface area contributed by atoms with Crippen LogP contribution in [0.2, 0.25) is 0 Å². The smallest absolute Gasteiger partial charge is 0.331 e. The predicted octanol–water partition coefficient (Wildman–Crippen LogP) is 6.41. The largest absolute Gasteiger partial charge is 0.478 e. The lowest BCUT2D eigenvalue weighted by Gasteiger charge is -2.63. The third-order valence-electron chi connectivity index (χ3n) is 13.1. The van der Waals surface area contributed by atoms with Gasteiger partial charge in [-0.15, -0.1) is 0 Å². The second kappa shape index (κ2) is 7.43. The number of aliphatic carboxylic acids is 1. The van der Waals surface area contributed by atoms with E-state index in [4.69, 9.17) is 5.11 Å². The van der Waals surface area contributed by atoms with Crippen molar-refractivity contribution in [3.63, 3.8) is 0 Å². The minimum atomic E-state index is -1.01. The lowest BCUT2D eigenvalue weighted by atomic mass is 9.41. The number of carboxylic acid groups (broad SMARTS) is 1. The maximum atomic E-state index is 12.6. The van der Waals surface area contributed by atoms with Gasteiger partial charge < -0.3 is 10.2 Å². The van der Waals surface area contributed by atoms with Crippen molar-refractivity contribution in [1.29, 1.82) is 0 Å². The number of carboxylic acids is 1. The number of carbonyl (C=O) groups is 2. The number of fused-ring (bicyclic) bond motifs is 2. The molecule has 34 heavy (non-hydrogen) atoms. The molecule has 4 heteroatoms. The van der Waals surface area contributed by atoms with Gasteiger partial charge in [0.25, 0.3) is 0 Å². The van der Waals surface area contributed by atoms with Crippen LogP contribution in [0, 0.1) is 50.7 Å². The average molecular weight is 471 g/mol. The van der Waals surface area contributed by atoms with Crippen LogP contribution in [-0.4, -0.2) is 28.1 Å². The Hall–Kier alpha value is -1.16. The van der Waals surface area contributed by atoms with E-state index in [1.165, 1.54) is 64.4 Å². The number of rotatable bonds is 5.